The smallest absolute Gasteiger partial charge is 0.445 e. The summed E-state index contributed by atoms with van der Waals surface area (Å²) >= 11 is 1.14. The first-order chi connectivity index (χ1) is 14.9. The number of fused-ring (bicyclic) bond motifs is 1. The van der Waals surface area contributed by atoms with Crippen LogP contribution in [0.15, 0.2) is 57.1 Å². The number of hydrogen-bond acceptors (Lipinski definition) is 7. The molecule has 0 saturated carbocycles. The lowest BCUT2D eigenvalue weighted by Gasteiger charge is -2.26. The van der Waals surface area contributed by atoms with E-state index in [0.29, 0.717) is 10.8 Å². The molecule has 1 aromatic heterocycles. The summed E-state index contributed by atoms with van der Waals surface area (Å²) in [6.07, 6.45) is 1.49. The summed E-state index contributed by atoms with van der Waals surface area (Å²) in [6.45, 7) is 1.91. The van der Waals surface area contributed by atoms with Gasteiger partial charge in [0, 0.05) is 5.69 Å². The number of aliphatic imine (C=N–C) groups is 2. The van der Waals surface area contributed by atoms with Gasteiger partial charge in [0.2, 0.25) is 5.91 Å². The third-order valence-corrected chi connectivity index (χ3v) is 5.98. The number of thioether (sulfide) groups is 1. The molecule has 0 fully saturated rings. The molecule has 4 amide bonds. The lowest BCUT2D eigenvalue weighted by molar-refractivity contribution is -0.407. The molecule has 1 atom stereocenters. The van der Waals surface area contributed by atoms with Gasteiger partial charge in [-0.15, -0.1) is 0 Å². The van der Waals surface area contributed by atoms with Crippen LogP contribution in [0.3, 0.4) is 0 Å². The van der Waals surface area contributed by atoms with E-state index < -0.39 is 17.9 Å². The minimum atomic E-state index is -0.859. The number of rotatable bonds is 4. The van der Waals surface area contributed by atoms with Crippen molar-refractivity contribution in [1.29, 1.82) is 0 Å². The van der Waals surface area contributed by atoms with Crippen LogP contribution in [0.5, 0.6) is 0 Å². The second kappa shape index (κ2) is 8.31. The number of hydrogen-bond donors (Lipinski definition) is 1. The maximum atomic E-state index is 12.9. The van der Waals surface area contributed by atoms with Crippen LogP contribution in [0.25, 0.3) is 0 Å². The lowest BCUT2D eigenvalue weighted by Crippen LogP contribution is -2.54. The van der Waals surface area contributed by atoms with E-state index in [1.807, 2.05) is 31.2 Å². The first kappa shape index (κ1) is 20.7. The average Bonchev–Trinajstić information content (AvgIpc) is 3.31. The Hall–Kier alpha value is -3.53. The Morgan fingerprint density at radius 1 is 1.23 bits per heavy atom. The van der Waals surface area contributed by atoms with E-state index in [2.05, 4.69) is 15.3 Å². The van der Waals surface area contributed by atoms with E-state index >= 15 is 0 Å². The number of urea groups is 1. The van der Waals surface area contributed by atoms with E-state index in [9.17, 15) is 14.4 Å². The fraction of sp³-hybridized carbons (Fsp3) is 0.238. The van der Waals surface area contributed by atoms with Gasteiger partial charge in [-0.25, -0.2) is 9.79 Å². The Kier molecular flexibility index (Phi) is 5.55. The third-order valence-electron chi connectivity index (χ3n) is 4.95. The Morgan fingerprint density at radius 3 is 2.71 bits per heavy atom. The number of anilines is 1. The molecule has 2 aromatic rings. The molecule has 31 heavy (non-hydrogen) atoms. The predicted octanol–water partition coefficient (Wildman–Crippen LogP) is 2.37. The van der Waals surface area contributed by atoms with Crippen LogP contribution in [0, 0.1) is 12.8 Å². The number of furan rings is 1. The Balaban J connectivity index is 1.62. The highest BCUT2D eigenvalue weighted by Gasteiger charge is 2.49. The summed E-state index contributed by atoms with van der Waals surface area (Å²) in [5.74, 6) is -0.580. The van der Waals surface area contributed by atoms with Gasteiger partial charge in [0.05, 0.1) is 26.1 Å². The van der Waals surface area contributed by atoms with Crippen molar-refractivity contribution < 1.29 is 23.4 Å². The molecule has 1 unspecified atom stereocenters. The van der Waals surface area contributed by atoms with Crippen molar-refractivity contribution in [2.45, 2.75) is 6.92 Å². The number of carbonyl (C=O) groups excluding carboxylic acids is 3. The number of amides is 4. The molecule has 0 spiro atoms. The van der Waals surface area contributed by atoms with E-state index in [-0.39, 0.29) is 23.3 Å². The molecule has 10 heteroatoms. The van der Waals surface area contributed by atoms with Crippen molar-refractivity contribution in [3.63, 3.8) is 0 Å². The summed E-state index contributed by atoms with van der Waals surface area (Å²) in [5, 5.41) is 3.25. The molecule has 9 nitrogen and oxygen atoms in total. The van der Waals surface area contributed by atoms with Gasteiger partial charge in [0.25, 0.3) is 11.7 Å². The highest BCUT2D eigenvalue weighted by Crippen LogP contribution is 2.27. The molecule has 1 aromatic carbocycles. The fourth-order valence-electron chi connectivity index (χ4n) is 3.24. The molecule has 2 aliphatic heterocycles. The van der Waals surface area contributed by atoms with Gasteiger partial charge in [0.15, 0.2) is 11.7 Å². The zero-order chi connectivity index (χ0) is 22.1. The molecule has 0 saturated heterocycles. The first-order valence-electron chi connectivity index (χ1n) is 9.48. The molecule has 0 radical (unpaired) electrons. The van der Waals surface area contributed by atoms with Crippen LogP contribution in [0.1, 0.15) is 11.3 Å². The van der Waals surface area contributed by atoms with Gasteiger partial charge >= 0.3 is 11.9 Å². The molecule has 3 heterocycles. The number of carbonyl (C=O) groups is 3. The zero-order valence-electron chi connectivity index (χ0n) is 17.2. The van der Waals surface area contributed by atoms with E-state index in [4.69, 9.17) is 4.42 Å². The monoisotopic (exact) mass is 438 g/mol. The highest BCUT2D eigenvalue weighted by molar-refractivity contribution is 8.14. The molecular weight excluding hydrogens is 418 g/mol. The van der Waals surface area contributed by atoms with E-state index in [0.717, 1.165) is 27.9 Å². The minimum absolute atomic E-state index is 0.0387. The molecule has 1 N–H and O–H groups in total. The number of para-hydroxylation sites is 1. The van der Waals surface area contributed by atoms with Crippen LogP contribution in [0.4, 0.5) is 10.5 Å². The second-order valence-electron chi connectivity index (χ2n) is 7.04. The van der Waals surface area contributed by atoms with Gasteiger partial charge in [-0.05, 0) is 30.7 Å². The summed E-state index contributed by atoms with van der Waals surface area (Å²) in [6, 6.07) is 10.4. The van der Waals surface area contributed by atoms with Crippen molar-refractivity contribution in [3.05, 3.63) is 54.0 Å². The number of nitrogens with one attached hydrogen (secondary N) is 1. The van der Waals surface area contributed by atoms with Crippen LogP contribution in [-0.2, 0) is 9.59 Å². The number of imide groups is 1. The Bertz CT molecular complexity index is 1170. The first-order valence-corrected chi connectivity index (χ1v) is 10.5. The summed E-state index contributed by atoms with van der Waals surface area (Å²) < 4.78 is 6.71. The average molecular weight is 438 g/mol. The number of aryl methyl sites for hydroxylation is 1. The number of nitrogens with zero attached hydrogens (tertiary/aromatic N) is 4. The van der Waals surface area contributed by atoms with E-state index in [1.165, 1.54) is 17.9 Å². The minimum Gasteiger partial charge on any atom is -0.459 e. The maximum absolute atomic E-state index is 12.9. The number of amidine groups is 2. The topological polar surface area (TPSA) is 107 Å². The van der Waals surface area contributed by atoms with Crippen LogP contribution in [-0.4, -0.2) is 63.9 Å². The molecule has 158 valence electrons. The quantitative estimate of drug-likeness (QED) is 0.738. The maximum Gasteiger partial charge on any atom is 0.445 e. The Labute approximate surface area is 182 Å². The van der Waals surface area contributed by atoms with Gasteiger partial charge in [0.1, 0.15) is 5.04 Å². The SMILES string of the molecule is Cc1ccccc1NC(=O)CSC1=NC(c2ccco2)=NC2=[N+](C)C(=O)N(C)C(=O)C12. The number of benzene rings is 1. The Morgan fingerprint density at radius 2 is 2.00 bits per heavy atom. The van der Waals surface area contributed by atoms with Crippen molar-refractivity contribution in [1.82, 2.24) is 4.90 Å². The van der Waals surface area contributed by atoms with Crippen LogP contribution in [0.2, 0.25) is 0 Å². The van der Waals surface area contributed by atoms with Crippen molar-refractivity contribution >= 4 is 52.0 Å². The van der Waals surface area contributed by atoms with Gasteiger partial charge in [-0.2, -0.15) is 9.48 Å². The lowest BCUT2D eigenvalue weighted by atomic mass is 10.0. The summed E-state index contributed by atoms with van der Waals surface area (Å²) in [4.78, 5) is 47.8. The summed E-state index contributed by atoms with van der Waals surface area (Å²) in [7, 11) is 2.96. The third kappa shape index (κ3) is 3.93. The molecule has 2 aliphatic rings. The standard InChI is InChI=1S/C21H19N5O4S/c1-12-7-4-5-8-13(12)22-15(27)11-31-19-16-18(25(2)21(29)26(3)20(16)28)23-17(24-19)14-9-6-10-30-14/h4-10,16H,11H2,1-3H3/p+1. The molecular formula is C21H20N5O4S+. The predicted molar refractivity (Wildman–Crippen MR) is 118 cm³/mol. The van der Waals surface area contributed by atoms with Crippen molar-refractivity contribution in [3.8, 4) is 0 Å². The van der Waals surface area contributed by atoms with Gasteiger partial charge < -0.3 is 9.73 Å². The van der Waals surface area contributed by atoms with Gasteiger partial charge in [-0.3, -0.25) is 9.59 Å². The molecule has 0 bridgehead atoms. The zero-order valence-corrected chi connectivity index (χ0v) is 18.0. The normalized spacial score (nSPS) is 18.5. The largest absolute Gasteiger partial charge is 0.459 e. The van der Waals surface area contributed by atoms with Crippen molar-refractivity contribution in [2.24, 2.45) is 15.9 Å². The second-order valence-corrected chi connectivity index (χ2v) is 8.04. The van der Waals surface area contributed by atoms with Crippen LogP contribution >= 0.6 is 11.8 Å². The van der Waals surface area contributed by atoms with Gasteiger partial charge in [-0.1, -0.05) is 35.0 Å². The van der Waals surface area contributed by atoms with E-state index in [1.54, 1.807) is 19.2 Å². The van der Waals surface area contributed by atoms with Crippen LogP contribution < -0.4 is 5.32 Å². The molecule has 0 aliphatic carbocycles. The summed E-state index contributed by atoms with van der Waals surface area (Å²) in [5.41, 5.74) is 1.67. The highest BCUT2D eigenvalue weighted by atomic mass is 32.2. The molecule has 4 rings (SSSR count). The van der Waals surface area contributed by atoms with Crippen molar-refractivity contribution in [2.75, 3.05) is 25.2 Å². The fourth-order valence-corrected chi connectivity index (χ4v) is 4.12.